The maximum atomic E-state index is 11.6. The molecule has 4 rings (SSSR count). The molecule has 3 aromatic rings. The standard InChI is InChI=1S/C23H32N6O2/c30-18-29(31-21-9-6-7-10-21)20-13-12-19-14-16-28(22(19)17-20)15-8-4-2-1-3-5-11-23-24-26-27-25-23/h12-14,16-18,21H,1-11,15H2,(H,24,25,26,27). The Bertz CT molecular complexity index is 933. The van der Waals surface area contributed by atoms with Crippen molar-refractivity contribution in [3.8, 4) is 0 Å². The maximum absolute atomic E-state index is 11.6. The predicted molar refractivity (Wildman–Crippen MR) is 119 cm³/mol. The molecule has 0 saturated heterocycles. The normalized spacial score (nSPS) is 14.5. The van der Waals surface area contributed by atoms with E-state index in [9.17, 15) is 4.79 Å². The molecule has 0 bridgehead atoms. The van der Waals surface area contributed by atoms with Gasteiger partial charge in [0.05, 0.1) is 17.3 Å². The summed E-state index contributed by atoms with van der Waals surface area (Å²) in [5.74, 6) is 0.876. The van der Waals surface area contributed by atoms with Gasteiger partial charge in [0, 0.05) is 19.2 Å². The molecular formula is C23H32N6O2. The summed E-state index contributed by atoms with van der Waals surface area (Å²) in [5, 5.41) is 16.5. The van der Waals surface area contributed by atoms with Crippen LogP contribution in [-0.2, 0) is 22.6 Å². The minimum atomic E-state index is 0.153. The molecule has 1 N–H and O–H groups in total. The van der Waals surface area contributed by atoms with E-state index in [4.69, 9.17) is 4.84 Å². The zero-order valence-corrected chi connectivity index (χ0v) is 18.1. The number of hydrogen-bond donors (Lipinski definition) is 1. The molecule has 2 aromatic heterocycles. The van der Waals surface area contributed by atoms with Crippen LogP contribution in [0.15, 0.2) is 30.5 Å². The van der Waals surface area contributed by atoms with Crippen LogP contribution in [0.25, 0.3) is 10.9 Å². The van der Waals surface area contributed by atoms with Gasteiger partial charge >= 0.3 is 0 Å². The van der Waals surface area contributed by atoms with Crippen LogP contribution in [0.1, 0.15) is 70.0 Å². The van der Waals surface area contributed by atoms with Crippen molar-refractivity contribution in [3.63, 3.8) is 0 Å². The van der Waals surface area contributed by atoms with Gasteiger partial charge in [0.2, 0.25) is 6.41 Å². The third-order valence-electron chi connectivity index (χ3n) is 6.12. The summed E-state index contributed by atoms with van der Waals surface area (Å²) in [6, 6.07) is 8.24. The fraction of sp³-hybridized carbons (Fsp3) is 0.565. The lowest BCUT2D eigenvalue weighted by atomic mass is 10.1. The maximum Gasteiger partial charge on any atom is 0.238 e. The number of anilines is 1. The summed E-state index contributed by atoms with van der Waals surface area (Å²) in [7, 11) is 0. The van der Waals surface area contributed by atoms with E-state index in [1.807, 2.05) is 6.07 Å². The Morgan fingerprint density at radius 1 is 1.10 bits per heavy atom. The van der Waals surface area contributed by atoms with Crippen LogP contribution in [0.3, 0.4) is 0 Å². The first-order valence-electron chi connectivity index (χ1n) is 11.6. The average Bonchev–Trinajstić information content (AvgIpc) is 3.56. The number of unbranched alkanes of at least 4 members (excludes halogenated alkanes) is 5. The summed E-state index contributed by atoms with van der Waals surface area (Å²) in [6.45, 7) is 0.987. The summed E-state index contributed by atoms with van der Waals surface area (Å²) >= 11 is 0. The Kier molecular flexibility index (Phi) is 7.65. The highest BCUT2D eigenvalue weighted by atomic mass is 16.7. The molecular weight excluding hydrogens is 392 g/mol. The number of aryl methyl sites for hydroxylation is 2. The number of tetrazole rings is 1. The summed E-state index contributed by atoms with van der Waals surface area (Å²) < 4.78 is 2.29. The molecule has 1 aliphatic carbocycles. The summed E-state index contributed by atoms with van der Waals surface area (Å²) in [6.07, 6.45) is 15.6. The number of H-pyrrole nitrogens is 1. The molecule has 8 heteroatoms. The number of nitrogens with zero attached hydrogens (tertiary/aromatic N) is 5. The smallest absolute Gasteiger partial charge is 0.238 e. The highest BCUT2D eigenvalue weighted by molar-refractivity contribution is 5.86. The molecule has 0 spiro atoms. The summed E-state index contributed by atoms with van der Waals surface area (Å²) in [4.78, 5) is 17.5. The van der Waals surface area contributed by atoms with Crippen LogP contribution in [-0.4, -0.2) is 37.7 Å². The van der Waals surface area contributed by atoms with Gasteiger partial charge in [-0.25, -0.2) is 5.10 Å². The minimum Gasteiger partial charge on any atom is -0.347 e. The molecule has 2 heterocycles. The number of hydrogen-bond acceptors (Lipinski definition) is 5. The Balaban J connectivity index is 1.23. The molecule has 1 fully saturated rings. The van der Waals surface area contributed by atoms with Gasteiger partial charge in [0.15, 0.2) is 0 Å². The number of amides is 1. The molecule has 166 valence electrons. The van der Waals surface area contributed by atoms with Gasteiger partial charge in [-0.15, -0.1) is 5.10 Å². The molecule has 1 aliphatic rings. The third kappa shape index (κ3) is 5.91. The molecule has 0 aliphatic heterocycles. The van der Waals surface area contributed by atoms with Gasteiger partial charge in [-0.05, 0) is 59.7 Å². The van der Waals surface area contributed by atoms with Gasteiger partial charge in [0.25, 0.3) is 0 Å². The Morgan fingerprint density at radius 2 is 1.90 bits per heavy atom. The van der Waals surface area contributed by atoms with Crippen LogP contribution >= 0.6 is 0 Å². The molecule has 1 aromatic carbocycles. The number of benzene rings is 1. The van der Waals surface area contributed by atoms with E-state index in [0.717, 1.165) is 62.1 Å². The van der Waals surface area contributed by atoms with E-state index in [1.165, 1.54) is 49.0 Å². The zero-order chi connectivity index (χ0) is 21.3. The molecule has 31 heavy (non-hydrogen) atoms. The van der Waals surface area contributed by atoms with Gasteiger partial charge in [0.1, 0.15) is 5.82 Å². The van der Waals surface area contributed by atoms with E-state index in [1.54, 1.807) is 0 Å². The minimum absolute atomic E-state index is 0.153. The number of hydroxylamine groups is 1. The highest BCUT2D eigenvalue weighted by Gasteiger charge is 2.20. The highest BCUT2D eigenvalue weighted by Crippen LogP contribution is 2.27. The number of carbonyl (C=O) groups excluding carboxylic acids is 1. The fourth-order valence-corrected chi connectivity index (χ4v) is 4.37. The van der Waals surface area contributed by atoms with Crippen molar-refractivity contribution in [1.29, 1.82) is 0 Å². The van der Waals surface area contributed by atoms with Crippen molar-refractivity contribution in [1.82, 2.24) is 25.2 Å². The van der Waals surface area contributed by atoms with Crippen molar-refractivity contribution in [2.24, 2.45) is 0 Å². The second kappa shape index (κ2) is 11.0. The first kappa shape index (κ1) is 21.5. The van der Waals surface area contributed by atoms with Gasteiger partial charge < -0.3 is 4.57 Å². The van der Waals surface area contributed by atoms with Crippen molar-refractivity contribution < 1.29 is 9.63 Å². The number of fused-ring (bicyclic) bond motifs is 1. The summed E-state index contributed by atoms with van der Waals surface area (Å²) in [5.41, 5.74) is 1.95. The Labute approximate surface area is 182 Å². The molecule has 8 nitrogen and oxygen atoms in total. The van der Waals surface area contributed by atoms with Crippen molar-refractivity contribution in [3.05, 3.63) is 36.3 Å². The molecule has 1 amide bonds. The first-order valence-corrected chi connectivity index (χ1v) is 11.6. The molecule has 0 atom stereocenters. The topological polar surface area (TPSA) is 88.9 Å². The molecule has 1 saturated carbocycles. The SMILES string of the molecule is O=CN(OC1CCCC1)c1ccc2ccn(CCCCCCCCc3nnn[nH]3)c2c1. The fourth-order valence-electron chi connectivity index (χ4n) is 4.37. The predicted octanol–water partition coefficient (Wildman–Crippen LogP) is 4.57. The lowest BCUT2D eigenvalue weighted by Gasteiger charge is -2.21. The second-order valence-electron chi connectivity index (χ2n) is 8.41. The van der Waals surface area contributed by atoms with Crippen molar-refractivity contribution in [2.45, 2.75) is 83.3 Å². The first-order chi connectivity index (χ1) is 15.3. The monoisotopic (exact) mass is 424 g/mol. The second-order valence-corrected chi connectivity index (χ2v) is 8.41. The van der Waals surface area contributed by atoms with E-state index in [0.29, 0.717) is 0 Å². The lowest BCUT2D eigenvalue weighted by molar-refractivity contribution is -0.116. The van der Waals surface area contributed by atoms with Crippen molar-refractivity contribution >= 4 is 23.0 Å². The van der Waals surface area contributed by atoms with Gasteiger partial charge in [-0.2, -0.15) is 5.06 Å². The Hall–Kier alpha value is -2.74. The number of aromatic nitrogens is 5. The van der Waals surface area contributed by atoms with Gasteiger partial charge in [-0.1, -0.05) is 44.6 Å². The van der Waals surface area contributed by atoms with Crippen LogP contribution in [0.5, 0.6) is 0 Å². The molecule has 0 radical (unpaired) electrons. The van der Waals surface area contributed by atoms with E-state index < -0.39 is 0 Å². The number of rotatable bonds is 13. The third-order valence-corrected chi connectivity index (χ3v) is 6.12. The van der Waals surface area contributed by atoms with E-state index in [-0.39, 0.29) is 6.10 Å². The number of carbonyl (C=O) groups is 1. The van der Waals surface area contributed by atoms with Crippen LogP contribution in [0.2, 0.25) is 0 Å². The quantitative estimate of drug-likeness (QED) is 0.247. The van der Waals surface area contributed by atoms with E-state index >= 15 is 0 Å². The molecule has 0 unspecified atom stereocenters. The number of aromatic amines is 1. The number of nitrogens with one attached hydrogen (secondary N) is 1. The lowest BCUT2D eigenvalue weighted by Crippen LogP contribution is -2.27. The van der Waals surface area contributed by atoms with Crippen LogP contribution in [0.4, 0.5) is 5.69 Å². The van der Waals surface area contributed by atoms with Crippen molar-refractivity contribution in [2.75, 3.05) is 5.06 Å². The average molecular weight is 425 g/mol. The Morgan fingerprint density at radius 3 is 2.68 bits per heavy atom. The van der Waals surface area contributed by atoms with Crippen LogP contribution < -0.4 is 5.06 Å². The zero-order valence-electron chi connectivity index (χ0n) is 18.1. The van der Waals surface area contributed by atoms with Gasteiger partial charge in [-0.3, -0.25) is 9.63 Å². The largest absolute Gasteiger partial charge is 0.347 e. The van der Waals surface area contributed by atoms with E-state index in [2.05, 4.69) is 49.6 Å². The van der Waals surface area contributed by atoms with Crippen LogP contribution in [0, 0.1) is 0 Å².